The largest absolute Gasteiger partial charge is 0.528 e. The van der Waals surface area contributed by atoms with E-state index in [0.717, 1.165) is 11.1 Å². The van der Waals surface area contributed by atoms with Crippen LogP contribution in [0.4, 0.5) is 9.18 Å². The normalized spacial score (nSPS) is 15.3. The highest BCUT2D eigenvalue weighted by Crippen LogP contribution is 2.40. The van der Waals surface area contributed by atoms with Gasteiger partial charge in [0.2, 0.25) is 0 Å². The monoisotopic (exact) mass is 485 g/mol. The molecule has 7 nitrogen and oxygen atoms in total. The Morgan fingerprint density at radius 1 is 1.06 bits per heavy atom. The number of ether oxygens (including phenoxy) is 2. The van der Waals surface area contributed by atoms with Gasteiger partial charge in [-0.15, -0.1) is 5.06 Å². The highest BCUT2D eigenvalue weighted by Gasteiger charge is 2.34. The Kier molecular flexibility index (Phi) is 7.30. The number of nitrogens with zero attached hydrogens (tertiary/aromatic N) is 1. The van der Waals surface area contributed by atoms with Gasteiger partial charge in [0.25, 0.3) is 0 Å². The van der Waals surface area contributed by atoms with E-state index >= 15 is 0 Å². The third kappa shape index (κ3) is 5.65. The van der Waals surface area contributed by atoms with Crippen LogP contribution in [0.3, 0.4) is 0 Å². The summed E-state index contributed by atoms with van der Waals surface area (Å²) in [5.74, 6) is -1.20. The van der Waals surface area contributed by atoms with Crippen molar-refractivity contribution in [2.75, 3.05) is 13.2 Å². The van der Waals surface area contributed by atoms with Gasteiger partial charge < -0.3 is 19.4 Å². The predicted octanol–water partition coefficient (Wildman–Crippen LogP) is 5.16. The maximum absolute atomic E-state index is 13.1. The van der Waals surface area contributed by atoms with Crippen LogP contribution < -0.4 is 4.74 Å². The highest BCUT2D eigenvalue weighted by molar-refractivity contribution is 6.30. The van der Waals surface area contributed by atoms with Crippen molar-refractivity contribution in [3.05, 3.63) is 99.8 Å². The van der Waals surface area contributed by atoms with Gasteiger partial charge in [0.05, 0.1) is 6.04 Å². The fraction of sp³-hybridized carbons (Fsp3) is 0.200. The number of carbonyl (C=O) groups excluding carboxylic acids is 1. The van der Waals surface area contributed by atoms with E-state index in [1.807, 2.05) is 24.3 Å². The molecule has 1 N–H and O–H groups in total. The third-order valence-corrected chi connectivity index (χ3v) is 5.55. The first-order valence-corrected chi connectivity index (χ1v) is 10.9. The zero-order chi connectivity index (χ0) is 24.1. The first-order valence-electron chi connectivity index (χ1n) is 10.5. The summed E-state index contributed by atoms with van der Waals surface area (Å²) in [7, 11) is 0. The van der Waals surface area contributed by atoms with Gasteiger partial charge in [-0.1, -0.05) is 48.0 Å². The van der Waals surface area contributed by atoms with Crippen molar-refractivity contribution >= 4 is 23.7 Å². The number of hydroxylamine groups is 2. The Labute approximate surface area is 200 Å². The van der Waals surface area contributed by atoms with Crippen LogP contribution in [0.5, 0.6) is 5.75 Å². The van der Waals surface area contributed by atoms with Crippen LogP contribution >= 0.6 is 11.6 Å². The van der Waals surface area contributed by atoms with E-state index in [9.17, 15) is 14.0 Å². The molecule has 34 heavy (non-hydrogen) atoms. The molecule has 0 saturated heterocycles. The average Bonchev–Trinajstić information content (AvgIpc) is 2.82. The number of hydrogen-bond acceptors (Lipinski definition) is 6. The first-order chi connectivity index (χ1) is 16.4. The van der Waals surface area contributed by atoms with Crippen LogP contribution in [0.2, 0.25) is 5.02 Å². The number of benzene rings is 3. The van der Waals surface area contributed by atoms with Crippen molar-refractivity contribution in [3.63, 3.8) is 0 Å². The number of carboxylic acids is 1. The summed E-state index contributed by atoms with van der Waals surface area (Å²) >= 11 is 6.26. The van der Waals surface area contributed by atoms with Gasteiger partial charge in [0.1, 0.15) is 18.2 Å². The molecular formula is C25H21ClFNO6. The number of aliphatic carboxylic acids is 1. The van der Waals surface area contributed by atoms with E-state index < -0.39 is 24.8 Å². The molecule has 1 aliphatic rings. The van der Waals surface area contributed by atoms with E-state index in [1.165, 1.54) is 29.3 Å². The zero-order valence-corrected chi connectivity index (χ0v) is 18.7. The minimum Gasteiger partial charge on any atom is -0.482 e. The van der Waals surface area contributed by atoms with Gasteiger partial charge in [-0.25, -0.2) is 14.0 Å². The van der Waals surface area contributed by atoms with Crippen LogP contribution in [-0.2, 0) is 27.4 Å². The second kappa shape index (κ2) is 10.5. The molecule has 3 aromatic carbocycles. The predicted molar refractivity (Wildman–Crippen MR) is 121 cm³/mol. The van der Waals surface area contributed by atoms with Gasteiger partial charge in [-0.05, 0) is 53.4 Å². The number of carboxylic acid groups (broad SMARTS) is 1. The Morgan fingerprint density at radius 2 is 1.82 bits per heavy atom. The van der Waals surface area contributed by atoms with E-state index in [-0.39, 0.29) is 12.4 Å². The molecule has 0 radical (unpaired) electrons. The molecular weight excluding hydrogens is 465 g/mol. The van der Waals surface area contributed by atoms with Crippen LogP contribution in [0, 0.1) is 5.82 Å². The van der Waals surface area contributed by atoms with Gasteiger partial charge in [0.15, 0.2) is 6.61 Å². The maximum atomic E-state index is 13.1. The molecule has 0 aromatic heterocycles. The summed E-state index contributed by atoms with van der Waals surface area (Å²) < 4.78 is 23.8. The molecule has 0 aliphatic carbocycles. The lowest BCUT2D eigenvalue weighted by atomic mass is 9.89. The summed E-state index contributed by atoms with van der Waals surface area (Å²) in [6.45, 7) is -0.264. The molecule has 1 unspecified atom stereocenters. The number of hydrogen-bond donors (Lipinski definition) is 1. The van der Waals surface area contributed by atoms with Gasteiger partial charge in [-0.2, -0.15) is 0 Å². The van der Waals surface area contributed by atoms with Crippen molar-refractivity contribution in [1.29, 1.82) is 0 Å². The van der Waals surface area contributed by atoms with Crippen molar-refractivity contribution in [2.45, 2.75) is 19.1 Å². The number of fused-ring (bicyclic) bond motifs is 1. The molecule has 0 saturated carbocycles. The molecule has 4 rings (SSSR count). The summed E-state index contributed by atoms with van der Waals surface area (Å²) in [5, 5.41) is 10.9. The van der Waals surface area contributed by atoms with Crippen molar-refractivity contribution in [2.24, 2.45) is 0 Å². The SMILES string of the molecule is O=C(O)COc1ccc(Cl)cc1C1c2ccccc2CCN1OC(=O)OCc1ccc(F)cc1. The van der Waals surface area contributed by atoms with Crippen LogP contribution in [0.25, 0.3) is 0 Å². The topological polar surface area (TPSA) is 85.3 Å². The number of carbonyl (C=O) groups is 2. The van der Waals surface area contributed by atoms with E-state index in [1.54, 1.807) is 18.2 Å². The standard InChI is InChI=1S/C25H21ClFNO6/c26-18-7-10-22(32-15-23(29)30)21(13-18)24-20-4-2-1-3-17(20)11-12-28(24)34-25(31)33-14-16-5-8-19(27)9-6-16/h1-10,13,24H,11-12,14-15H2,(H,29,30). The number of halogens is 2. The van der Waals surface area contributed by atoms with Crippen molar-refractivity contribution in [1.82, 2.24) is 5.06 Å². The maximum Gasteiger partial charge on any atom is 0.528 e. The van der Waals surface area contributed by atoms with Gasteiger partial charge >= 0.3 is 12.1 Å². The fourth-order valence-electron chi connectivity index (χ4n) is 3.81. The molecule has 9 heteroatoms. The second-order valence-electron chi connectivity index (χ2n) is 7.61. The summed E-state index contributed by atoms with van der Waals surface area (Å²) in [5.41, 5.74) is 3.07. The quantitative estimate of drug-likeness (QED) is 0.463. The molecule has 0 amide bonds. The Hall–Kier alpha value is -3.62. The fourth-order valence-corrected chi connectivity index (χ4v) is 3.99. The van der Waals surface area contributed by atoms with Crippen LogP contribution in [-0.4, -0.2) is 35.4 Å². The van der Waals surface area contributed by atoms with Crippen LogP contribution in [0.15, 0.2) is 66.7 Å². The molecule has 0 bridgehead atoms. The zero-order valence-electron chi connectivity index (χ0n) is 17.9. The van der Waals surface area contributed by atoms with Gasteiger partial charge in [0, 0.05) is 17.1 Å². The summed E-state index contributed by atoms with van der Waals surface area (Å²) in [4.78, 5) is 29.2. The lowest BCUT2D eigenvalue weighted by Crippen LogP contribution is -2.38. The Balaban J connectivity index is 1.60. The van der Waals surface area contributed by atoms with Crippen molar-refractivity contribution < 1.29 is 33.4 Å². The molecule has 176 valence electrons. The highest BCUT2D eigenvalue weighted by atomic mass is 35.5. The lowest BCUT2D eigenvalue weighted by molar-refractivity contribution is -0.152. The Bertz CT molecular complexity index is 1190. The van der Waals surface area contributed by atoms with E-state index in [4.69, 9.17) is 31.0 Å². The minimum absolute atomic E-state index is 0.0850. The molecule has 1 atom stereocenters. The lowest BCUT2D eigenvalue weighted by Gasteiger charge is -2.36. The molecule has 0 fully saturated rings. The first kappa shape index (κ1) is 23.5. The Morgan fingerprint density at radius 3 is 2.59 bits per heavy atom. The molecule has 1 heterocycles. The molecule has 1 aliphatic heterocycles. The number of rotatable bonds is 7. The molecule has 0 spiro atoms. The van der Waals surface area contributed by atoms with Crippen LogP contribution in [0.1, 0.15) is 28.3 Å². The van der Waals surface area contributed by atoms with E-state index in [2.05, 4.69) is 0 Å². The average molecular weight is 486 g/mol. The van der Waals surface area contributed by atoms with Crippen molar-refractivity contribution in [3.8, 4) is 5.75 Å². The minimum atomic E-state index is -1.12. The summed E-state index contributed by atoms with van der Waals surface area (Å²) in [6, 6.07) is 17.5. The smallest absolute Gasteiger partial charge is 0.482 e. The summed E-state index contributed by atoms with van der Waals surface area (Å²) in [6.07, 6.45) is -0.312. The second-order valence-corrected chi connectivity index (χ2v) is 8.05. The molecule has 3 aromatic rings. The van der Waals surface area contributed by atoms with Gasteiger partial charge in [-0.3, -0.25) is 0 Å². The van der Waals surface area contributed by atoms with E-state index in [0.29, 0.717) is 34.9 Å². The third-order valence-electron chi connectivity index (χ3n) is 5.32.